The maximum absolute atomic E-state index is 10.5. The van der Waals surface area contributed by atoms with E-state index in [1.54, 1.807) is 0 Å². The summed E-state index contributed by atoms with van der Waals surface area (Å²) in [6, 6.07) is 9.89. The standard InChI is InChI=1S/C10H12O.C7H10N2O/c1-10(2,3)8-6-7-4-5-9(8)11-7;1-6(10)8-7-4-3-5-9(7)2/h4-6H,1-3H3;3-5H,1-2H3,(H,8,10). The lowest BCUT2D eigenvalue weighted by Gasteiger charge is -2.16. The van der Waals surface area contributed by atoms with Gasteiger partial charge in [0.1, 0.15) is 17.0 Å². The molecule has 3 heterocycles. The van der Waals surface area contributed by atoms with Crippen LogP contribution in [0, 0.1) is 0 Å². The van der Waals surface area contributed by atoms with Crippen molar-refractivity contribution in [1.29, 1.82) is 0 Å². The number of amides is 1. The highest BCUT2D eigenvalue weighted by Crippen LogP contribution is 2.32. The fourth-order valence-electron chi connectivity index (χ4n) is 2.15. The van der Waals surface area contributed by atoms with Gasteiger partial charge in [0.15, 0.2) is 0 Å². The molecule has 21 heavy (non-hydrogen) atoms. The Morgan fingerprint density at radius 1 is 1.24 bits per heavy atom. The van der Waals surface area contributed by atoms with Gasteiger partial charge in [-0.15, -0.1) is 0 Å². The number of carbonyl (C=O) groups is 1. The van der Waals surface area contributed by atoms with Gasteiger partial charge >= 0.3 is 0 Å². The first kappa shape index (κ1) is 15.2. The summed E-state index contributed by atoms with van der Waals surface area (Å²) in [7, 11) is 1.88. The summed E-state index contributed by atoms with van der Waals surface area (Å²) in [4.78, 5) is 10.5. The molecule has 0 fully saturated rings. The van der Waals surface area contributed by atoms with E-state index in [0.29, 0.717) is 0 Å². The summed E-state index contributed by atoms with van der Waals surface area (Å²) in [5.74, 6) is 0.786. The zero-order valence-electron chi connectivity index (χ0n) is 13.2. The summed E-state index contributed by atoms with van der Waals surface area (Å²) in [5, 5.41) is 2.68. The average Bonchev–Trinajstić information content (AvgIpc) is 3.06. The number of hydrogen-bond donors (Lipinski definition) is 1. The lowest BCUT2D eigenvalue weighted by molar-refractivity contribution is -0.114. The van der Waals surface area contributed by atoms with E-state index in [2.05, 4.69) is 32.2 Å². The van der Waals surface area contributed by atoms with Crippen LogP contribution in [0.15, 0.2) is 40.9 Å². The van der Waals surface area contributed by atoms with Crippen LogP contribution in [-0.2, 0) is 17.3 Å². The minimum atomic E-state index is -0.0400. The second-order valence-electron chi connectivity index (χ2n) is 6.20. The third-order valence-electron chi connectivity index (χ3n) is 3.23. The Kier molecular flexibility index (Phi) is 4.07. The van der Waals surface area contributed by atoms with Gasteiger partial charge < -0.3 is 14.3 Å². The number of benzene rings is 1. The van der Waals surface area contributed by atoms with Crippen molar-refractivity contribution in [2.24, 2.45) is 7.05 Å². The number of fused-ring (bicyclic) bond motifs is 2. The van der Waals surface area contributed by atoms with E-state index in [1.807, 2.05) is 42.1 Å². The first-order valence-corrected chi connectivity index (χ1v) is 6.98. The van der Waals surface area contributed by atoms with Crippen LogP contribution in [0.2, 0.25) is 0 Å². The van der Waals surface area contributed by atoms with Crippen LogP contribution in [0.1, 0.15) is 33.3 Å². The molecule has 112 valence electrons. The summed E-state index contributed by atoms with van der Waals surface area (Å²) in [5.41, 5.74) is 3.55. The number of aromatic nitrogens is 1. The van der Waals surface area contributed by atoms with Crippen molar-refractivity contribution in [3.63, 3.8) is 0 Å². The molecule has 0 aliphatic heterocycles. The number of nitrogens with zero attached hydrogens (tertiary/aromatic N) is 1. The maximum atomic E-state index is 10.5. The first-order chi connectivity index (χ1) is 9.77. The van der Waals surface area contributed by atoms with Gasteiger partial charge in [0, 0.05) is 25.7 Å². The highest BCUT2D eigenvalue weighted by Gasteiger charge is 2.19. The van der Waals surface area contributed by atoms with Crippen LogP contribution in [0.4, 0.5) is 5.82 Å². The Balaban J connectivity index is 0.000000155. The van der Waals surface area contributed by atoms with Gasteiger partial charge in [-0.05, 0) is 35.7 Å². The monoisotopic (exact) mass is 286 g/mol. The number of furan rings is 2. The Bertz CT molecular complexity index is 716. The van der Waals surface area contributed by atoms with Crippen molar-refractivity contribution in [3.8, 4) is 0 Å². The molecule has 3 aromatic heterocycles. The highest BCUT2D eigenvalue weighted by molar-refractivity contribution is 5.87. The molecule has 2 bridgehead atoms. The summed E-state index contributed by atoms with van der Waals surface area (Å²) < 4.78 is 7.29. The van der Waals surface area contributed by atoms with E-state index < -0.39 is 0 Å². The lowest BCUT2D eigenvalue weighted by Crippen LogP contribution is -2.09. The molecular weight excluding hydrogens is 264 g/mol. The Labute approximate surface area is 125 Å². The topological polar surface area (TPSA) is 47.2 Å². The molecule has 3 aromatic rings. The van der Waals surface area contributed by atoms with Gasteiger partial charge in [0.25, 0.3) is 0 Å². The van der Waals surface area contributed by atoms with Crippen LogP contribution >= 0.6 is 0 Å². The summed E-state index contributed by atoms with van der Waals surface area (Å²) in [6.07, 6.45) is 1.88. The van der Waals surface area contributed by atoms with Crippen LogP contribution < -0.4 is 5.32 Å². The van der Waals surface area contributed by atoms with Crippen LogP contribution in [-0.4, -0.2) is 10.5 Å². The molecule has 0 radical (unpaired) electrons. The number of carbonyl (C=O) groups excluding carboxylic acids is 1. The van der Waals surface area contributed by atoms with Gasteiger partial charge in [-0.3, -0.25) is 4.79 Å². The molecule has 0 saturated carbocycles. The van der Waals surface area contributed by atoms with Gasteiger partial charge in [-0.25, -0.2) is 0 Å². The molecule has 0 aromatic carbocycles. The molecule has 0 aliphatic carbocycles. The van der Waals surface area contributed by atoms with Crippen molar-refractivity contribution in [2.45, 2.75) is 33.1 Å². The van der Waals surface area contributed by atoms with Crippen LogP contribution in [0.5, 0.6) is 0 Å². The largest absolute Gasteiger partial charge is 0.457 e. The molecule has 4 nitrogen and oxygen atoms in total. The van der Waals surface area contributed by atoms with E-state index in [0.717, 1.165) is 17.0 Å². The predicted molar refractivity (Wildman–Crippen MR) is 85.8 cm³/mol. The van der Waals surface area contributed by atoms with E-state index in [4.69, 9.17) is 4.42 Å². The fourth-order valence-corrected chi connectivity index (χ4v) is 2.15. The van der Waals surface area contributed by atoms with E-state index in [-0.39, 0.29) is 11.3 Å². The molecule has 0 atom stereocenters. The SMILES string of the molecule is CC(=O)Nc1cccn1C.CC(C)(C)c1cc2ccc1o2. The van der Waals surface area contributed by atoms with Gasteiger partial charge in [0.2, 0.25) is 5.91 Å². The van der Waals surface area contributed by atoms with Gasteiger partial charge in [-0.2, -0.15) is 0 Å². The third kappa shape index (κ3) is 3.66. The Hall–Kier alpha value is -2.23. The molecule has 1 N–H and O–H groups in total. The van der Waals surface area contributed by atoms with Crippen molar-refractivity contribution in [1.82, 2.24) is 4.57 Å². The first-order valence-electron chi connectivity index (χ1n) is 6.98. The normalized spacial score (nSPS) is 11.3. The fraction of sp³-hybridized carbons (Fsp3) is 0.353. The molecule has 0 aliphatic rings. The molecule has 0 saturated heterocycles. The molecular formula is C17H22N2O2. The second-order valence-corrected chi connectivity index (χ2v) is 6.20. The number of hydrogen-bond acceptors (Lipinski definition) is 2. The van der Waals surface area contributed by atoms with Gasteiger partial charge in [-0.1, -0.05) is 20.8 Å². The van der Waals surface area contributed by atoms with Crippen molar-refractivity contribution in [2.75, 3.05) is 5.32 Å². The molecule has 0 spiro atoms. The summed E-state index contributed by atoms with van der Waals surface area (Å²) in [6.45, 7) is 8.09. The smallest absolute Gasteiger partial charge is 0.222 e. The number of anilines is 1. The quantitative estimate of drug-likeness (QED) is 0.730. The van der Waals surface area contributed by atoms with E-state index in [9.17, 15) is 4.79 Å². The van der Waals surface area contributed by atoms with Gasteiger partial charge in [0.05, 0.1) is 0 Å². The lowest BCUT2D eigenvalue weighted by atomic mass is 9.87. The maximum Gasteiger partial charge on any atom is 0.222 e. The Morgan fingerprint density at radius 2 is 1.95 bits per heavy atom. The molecule has 1 amide bonds. The zero-order chi connectivity index (χ0) is 15.6. The molecule has 3 rings (SSSR count). The summed E-state index contributed by atoms with van der Waals surface area (Å²) >= 11 is 0. The zero-order valence-corrected chi connectivity index (χ0v) is 13.2. The van der Waals surface area contributed by atoms with E-state index >= 15 is 0 Å². The number of aryl methyl sites for hydroxylation is 1. The minimum Gasteiger partial charge on any atom is -0.457 e. The Morgan fingerprint density at radius 3 is 2.29 bits per heavy atom. The number of nitrogens with one attached hydrogen (secondary N) is 1. The van der Waals surface area contributed by atoms with Crippen LogP contribution in [0.25, 0.3) is 11.2 Å². The predicted octanol–water partition coefficient (Wildman–Crippen LogP) is 4.15. The van der Waals surface area contributed by atoms with E-state index in [1.165, 1.54) is 12.5 Å². The highest BCUT2D eigenvalue weighted by atomic mass is 16.3. The third-order valence-corrected chi connectivity index (χ3v) is 3.23. The molecule has 4 heteroatoms. The minimum absolute atomic E-state index is 0.0400. The number of rotatable bonds is 1. The average molecular weight is 286 g/mol. The van der Waals surface area contributed by atoms with Crippen molar-refractivity contribution < 1.29 is 9.21 Å². The molecule has 0 unspecified atom stereocenters. The van der Waals surface area contributed by atoms with Crippen molar-refractivity contribution in [3.05, 3.63) is 42.1 Å². The van der Waals surface area contributed by atoms with Crippen molar-refractivity contribution >= 4 is 22.9 Å². The van der Waals surface area contributed by atoms with Crippen LogP contribution in [0.3, 0.4) is 0 Å². The second kappa shape index (κ2) is 5.64.